The van der Waals surface area contributed by atoms with E-state index in [1.807, 2.05) is 6.92 Å². The van der Waals surface area contributed by atoms with Crippen LogP contribution in [0.5, 0.6) is 5.75 Å². The molecule has 0 saturated heterocycles. The van der Waals surface area contributed by atoms with Gasteiger partial charge in [-0.25, -0.2) is 4.79 Å². The van der Waals surface area contributed by atoms with Gasteiger partial charge in [0.15, 0.2) is 0 Å². The molecule has 0 saturated carbocycles. The number of hydrogen-bond acceptors (Lipinski definition) is 3. The number of benzene rings is 1. The van der Waals surface area contributed by atoms with E-state index in [1.165, 1.54) is 0 Å². The van der Waals surface area contributed by atoms with Crippen LogP contribution in [0.1, 0.15) is 19.4 Å². The number of rotatable bonds is 6. The van der Waals surface area contributed by atoms with Gasteiger partial charge in [-0.05, 0) is 19.9 Å². The highest BCUT2D eigenvalue weighted by atomic mass is 16.5. The maximum Gasteiger partial charge on any atom is 0.328 e. The molecule has 0 spiro atoms. The lowest BCUT2D eigenvalue weighted by atomic mass is 9.91. The Labute approximate surface area is 107 Å². The second-order valence-corrected chi connectivity index (χ2v) is 3.92. The molecule has 0 aliphatic rings. The largest absolute Gasteiger partial charge is 0.494 e. The molecule has 0 radical (unpaired) electrons. The summed E-state index contributed by atoms with van der Waals surface area (Å²) in [5.74, 6) is 1.94. The number of carboxylic acid groups (broad SMARTS) is 1. The van der Waals surface area contributed by atoms with Crippen LogP contribution in [-0.4, -0.2) is 24.2 Å². The van der Waals surface area contributed by atoms with Gasteiger partial charge in [-0.3, -0.25) is 5.32 Å². The van der Waals surface area contributed by atoms with Crippen LogP contribution in [-0.2, 0) is 10.3 Å². The van der Waals surface area contributed by atoms with E-state index in [9.17, 15) is 9.90 Å². The summed E-state index contributed by atoms with van der Waals surface area (Å²) in [7, 11) is 0. The lowest BCUT2D eigenvalue weighted by molar-refractivity contribution is -0.144. The quantitative estimate of drug-likeness (QED) is 0.750. The van der Waals surface area contributed by atoms with Crippen LogP contribution in [0.3, 0.4) is 0 Å². The van der Waals surface area contributed by atoms with Crippen molar-refractivity contribution < 1.29 is 14.6 Å². The van der Waals surface area contributed by atoms with Crippen molar-refractivity contribution in [3.8, 4) is 18.1 Å². The minimum absolute atomic E-state index is 0.170. The average molecular weight is 247 g/mol. The van der Waals surface area contributed by atoms with Crippen LogP contribution in [0.25, 0.3) is 0 Å². The molecular weight excluding hydrogens is 230 g/mol. The van der Waals surface area contributed by atoms with Crippen LogP contribution in [0.4, 0.5) is 0 Å². The molecule has 1 rings (SSSR count). The molecule has 18 heavy (non-hydrogen) atoms. The SMILES string of the molecule is C#CCNC(C)(C(=O)O)c1ccccc1OCC. The third kappa shape index (κ3) is 2.82. The first-order valence-corrected chi connectivity index (χ1v) is 5.70. The molecule has 4 heteroatoms. The first-order chi connectivity index (χ1) is 8.56. The number of hydrogen-bond donors (Lipinski definition) is 2. The Kier molecular flexibility index (Phi) is 4.75. The summed E-state index contributed by atoms with van der Waals surface area (Å²) in [4.78, 5) is 11.5. The van der Waals surface area contributed by atoms with Crippen LogP contribution in [0.15, 0.2) is 24.3 Å². The monoisotopic (exact) mass is 247 g/mol. The van der Waals surface area contributed by atoms with Gasteiger partial charge in [0, 0.05) is 5.56 Å². The van der Waals surface area contributed by atoms with Gasteiger partial charge in [0.1, 0.15) is 11.3 Å². The maximum atomic E-state index is 11.5. The molecule has 1 unspecified atom stereocenters. The molecule has 4 nitrogen and oxygen atoms in total. The van der Waals surface area contributed by atoms with Gasteiger partial charge in [0.05, 0.1) is 13.2 Å². The number of aliphatic carboxylic acids is 1. The van der Waals surface area contributed by atoms with Gasteiger partial charge in [-0.15, -0.1) is 6.42 Å². The third-order valence-corrected chi connectivity index (χ3v) is 2.70. The third-order valence-electron chi connectivity index (χ3n) is 2.70. The zero-order chi connectivity index (χ0) is 13.6. The fourth-order valence-corrected chi connectivity index (χ4v) is 1.67. The van der Waals surface area contributed by atoms with Gasteiger partial charge in [-0.2, -0.15) is 0 Å². The molecule has 0 aliphatic carbocycles. The fourth-order valence-electron chi connectivity index (χ4n) is 1.67. The van der Waals surface area contributed by atoms with Gasteiger partial charge in [-0.1, -0.05) is 24.1 Å². The Bertz CT molecular complexity index is 464. The number of terminal acetylenes is 1. The van der Waals surface area contributed by atoms with Crippen molar-refractivity contribution in [2.45, 2.75) is 19.4 Å². The summed E-state index contributed by atoms with van der Waals surface area (Å²) < 4.78 is 5.46. The molecule has 0 amide bonds. The topological polar surface area (TPSA) is 58.6 Å². The van der Waals surface area contributed by atoms with E-state index in [2.05, 4.69) is 11.2 Å². The van der Waals surface area contributed by atoms with E-state index in [1.54, 1.807) is 31.2 Å². The standard InChI is InChI=1S/C14H17NO3/c1-4-10-15-14(3,13(16)17)11-8-6-7-9-12(11)18-5-2/h1,6-9,15H,5,10H2,2-3H3,(H,16,17). The smallest absolute Gasteiger partial charge is 0.328 e. The second-order valence-electron chi connectivity index (χ2n) is 3.92. The molecule has 96 valence electrons. The van der Waals surface area contributed by atoms with Gasteiger partial charge < -0.3 is 9.84 Å². The van der Waals surface area contributed by atoms with Crippen LogP contribution < -0.4 is 10.1 Å². The molecule has 0 aliphatic heterocycles. The van der Waals surface area contributed by atoms with E-state index < -0.39 is 11.5 Å². The predicted molar refractivity (Wildman–Crippen MR) is 69.4 cm³/mol. The van der Waals surface area contributed by atoms with Crippen molar-refractivity contribution in [3.05, 3.63) is 29.8 Å². The average Bonchev–Trinajstić information content (AvgIpc) is 2.36. The molecule has 0 bridgehead atoms. The Hall–Kier alpha value is -1.99. The van der Waals surface area contributed by atoms with E-state index in [0.29, 0.717) is 17.9 Å². The molecule has 1 atom stereocenters. The highest BCUT2D eigenvalue weighted by Gasteiger charge is 2.36. The number of nitrogens with one attached hydrogen (secondary N) is 1. The van der Waals surface area contributed by atoms with Gasteiger partial charge in [0.2, 0.25) is 0 Å². The summed E-state index contributed by atoms with van der Waals surface area (Å²) in [5, 5.41) is 12.3. The molecule has 0 aromatic heterocycles. The summed E-state index contributed by atoms with van der Waals surface area (Å²) >= 11 is 0. The van der Waals surface area contributed by atoms with Crippen molar-refractivity contribution in [1.82, 2.24) is 5.32 Å². The minimum Gasteiger partial charge on any atom is -0.494 e. The number of carbonyl (C=O) groups is 1. The lowest BCUT2D eigenvalue weighted by Crippen LogP contribution is -2.47. The Morgan fingerprint density at radius 3 is 2.78 bits per heavy atom. The van der Waals surface area contributed by atoms with Crippen LogP contribution in [0, 0.1) is 12.3 Å². The molecule has 0 fully saturated rings. The molecule has 1 aromatic rings. The van der Waals surface area contributed by atoms with Gasteiger partial charge in [0.25, 0.3) is 0 Å². The van der Waals surface area contributed by atoms with E-state index in [0.717, 1.165) is 0 Å². The van der Waals surface area contributed by atoms with Crippen molar-refractivity contribution in [2.24, 2.45) is 0 Å². The Morgan fingerprint density at radius 1 is 1.56 bits per heavy atom. The Balaban J connectivity index is 3.21. The van der Waals surface area contributed by atoms with Crippen molar-refractivity contribution >= 4 is 5.97 Å². The van der Waals surface area contributed by atoms with Crippen LogP contribution >= 0.6 is 0 Å². The molecular formula is C14H17NO3. The summed E-state index contributed by atoms with van der Waals surface area (Å²) in [6.07, 6.45) is 5.17. The van der Waals surface area contributed by atoms with E-state index in [-0.39, 0.29) is 6.54 Å². The number of ether oxygens (including phenoxy) is 1. The highest BCUT2D eigenvalue weighted by molar-refractivity contribution is 5.81. The zero-order valence-electron chi connectivity index (χ0n) is 10.6. The summed E-state index contributed by atoms with van der Waals surface area (Å²) in [5.41, 5.74) is -0.701. The van der Waals surface area contributed by atoms with Crippen LogP contribution in [0.2, 0.25) is 0 Å². The van der Waals surface area contributed by atoms with E-state index >= 15 is 0 Å². The van der Waals surface area contributed by atoms with Gasteiger partial charge >= 0.3 is 5.97 Å². The molecule has 2 N–H and O–H groups in total. The number of para-hydroxylation sites is 1. The lowest BCUT2D eigenvalue weighted by Gasteiger charge is -2.27. The minimum atomic E-state index is -1.27. The van der Waals surface area contributed by atoms with E-state index in [4.69, 9.17) is 11.2 Å². The molecule has 0 heterocycles. The summed E-state index contributed by atoms with van der Waals surface area (Å²) in [6.45, 7) is 4.07. The van der Waals surface area contributed by atoms with Crippen molar-refractivity contribution in [2.75, 3.05) is 13.2 Å². The first-order valence-electron chi connectivity index (χ1n) is 5.70. The highest BCUT2D eigenvalue weighted by Crippen LogP contribution is 2.30. The zero-order valence-corrected chi connectivity index (χ0v) is 10.6. The normalized spacial score (nSPS) is 13.4. The molecule has 1 aromatic carbocycles. The number of carboxylic acids is 1. The first kappa shape index (κ1) is 14.1. The van der Waals surface area contributed by atoms with Crippen molar-refractivity contribution in [1.29, 1.82) is 0 Å². The Morgan fingerprint density at radius 2 is 2.22 bits per heavy atom. The maximum absolute atomic E-state index is 11.5. The van der Waals surface area contributed by atoms with Crippen molar-refractivity contribution in [3.63, 3.8) is 0 Å². The predicted octanol–water partition coefficient (Wildman–Crippen LogP) is 1.61. The summed E-state index contributed by atoms with van der Waals surface area (Å²) in [6, 6.07) is 7.05. The second kappa shape index (κ2) is 6.08. The fraction of sp³-hybridized carbons (Fsp3) is 0.357.